The van der Waals surface area contributed by atoms with Crippen molar-refractivity contribution in [2.75, 3.05) is 20.1 Å². The summed E-state index contributed by atoms with van der Waals surface area (Å²) in [7, 11) is 1.77. The molecule has 2 rings (SSSR count). The molecule has 0 saturated carbocycles. The van der Waals surface area contributed by atoms with Crippen molar-refractivity contribution < 1.29 is 4.79 Å². The van der Waals surface area contributed by atoms with E-state index in [9.17, 15) is 4.79 Å². The molecule has 0 fully saturated rings. The molecular formula is C21H31IN4OS. The standard InChI is InChI=1S/C21H30N4OS.HI/c1-4-10-23-20(26)18-8-5-7-17(13-18)15-25-21(22-3)24-14-16(2)12-19-9-6-11-27-19;/h5-9,11,13,16H,4,10,12,14-15H2,1-3H3,(H,23,26)(H2,22,24,25);1H. The lowest BCUT2D eigenvalue weighted by Gasteiger charge is -2.16. The molecule has 1 atom stereocenters. The van der Waals surface area contributed by atoms with E-state index in [2.05, 4.69) is 45.4 Å². The van der Waals surface area contributed by atoms with Gasteiger partial charge in [0.25, 0.3) is 5.91 Å². The first-order chi connectivity index (χ1) is 13.1. The summed E-state index contributed by atoms with van der Waals surface area (Å²) in [5.74, 6) is 1.27. The Morgan fingerprint density at radius 3 is 2.68 bits per heavy atom. The van der Waals surface area contributed by atoms with Crippen molar-refractivity contribution in [3.63, 3.8) is 0 Å². The predicted octanol–water partition coefficient (Wildman–Crippen LogP) is 4.05. The number of carbonyl (C=O) groups excluding carboxylic acids is 1. The van der Waals surface area contributed by atoms with Crippen LogP contribution in [0.3, 0.4) is 0 Å². The Balaban J connectivity index is 0.00000392. The minimum absolute atomic E-state index is 0. The Bertz CT molecular complexity index is 734. The number of halogens is 1. The number of carbonyl (C=O) groups is 1. The van der Waals surface area contributed by atoms with Crippen LogP contribution < -0.4 is 16.0 Å². The fourth-order valence-corrected chi connectivity index (χ4v) is 3.55. The summed E-state index contributed by atoms with van der Waals surface area (Å²) >= 11 is 1.80. The molecule has 0 aliphatic heterocycles. The van der Waals surface area contributed by atoms with Crippen LogP contribution >= 0.6 is 35.3 Å². The zero-order chi connectivity index (χ0) is 19.5. The molecule has 1 unspecified atom stereocenters. The van der Waals surface area contributed by atoms with Gasteiger partial charge < -0.3 is 16.0 Å². The van der Waals surface area contributed by atoms with Gasteiger partial charge in [0.1, 0.15) is 0 Å². The van der Waals surface area contributed by atoms with Crippen molar-refractivity contribution in [2.24, 2.45) is 10.9 Å². The third kappa shape index (κ3) is 8.60. The zero-order valence-electron chi connectivity index (χ0n) is 16.8. The summed E-state index contributed by atoms with van der Waals surface area (Å²) < 4.78 is 0. The molecule has 5 nitrogen and oxygen atoms in total. The van der Waals surface area contributed by atoms with E-state index in [-0.39, 0.29) is 29.9 Å². The van der Waals surface area contributed by atoms with Crippen molar-refractivity contribution in [3.05, 3.63) is 57.8 Å². The van der Waals surface area contributed by atoms with Gasteiger partial charge >= 0.3 is 0 Å². The third-order valence-electron chi connectivity index (χ3n) is 4.16. The number of hydrogen-bond acceptors (Lipinski definition) is 3. The Labute approximate surface area is 189 Å². The number of amides is 1. The maximum atomic E-state index is 12.1. The topological polar surface area (TPSA) is 65.5 Å². The van der Waals surface area contributed by atoms with Crippen LogP contribution in [0.25, 0.3) is 0 Å². The number of nitrogens with one attached hydrogen (secondary N) is 3. The van der Waals surface area contributed by atoms with Crippen molar-refractivity contribution in [3.8, 4) is 0 Å². The van der Waals surface area contributed by atoms with E-state index in [1.165, 1.54) is 4.88 Å². The minimum Gasteiger partial charge on any atom is -0.356 e. The van der Waals surface area contributed by atoms with E-state index < -0.39 is 0 Å². The first-order valence-electron chi connectivity index (χ1n) is 9.46. The molecule has 1 aromatic carbocycles. The molecule has 3 N–H and O–H groups in total. The van der Waals surface area contributed by atoms with Crippen LogP contribution in [-0.4, -0.2) is 32.0 Å². The van der Waals surface area contributed by atoms with Gasteiger partial charge in [-0.3, -0.25) is 9.79 Å². The summed E-state index contributed by atoms with van der Waals surface area (Å²) in [5, 5.41) is 11.7. The second-order valence-electron chi connectivity index (χ2n) is 6.65. The summed E-state index contributed by atoms with van der Waals surface area (Å²) in [6, 6.07) is 12.0. The lowest BCUT2D eigenvalue weighted by Crippen LogP contribution is -2.39. The largest absolute Gasteiger partial charge is 0.356 e. The van der Waals surface area contributed by atoms with Crippen LogP contribution in [0.4, 0.5) is 0 Å². The number of hydrogen-bond donors (Lipinski definition) is 3. The number of benzene rings is 1. The predicted molar refractivity (Wildman–Crippen MR) is 130 cm³/mol. The summed E-state index contributed by atoms with van der Waals surface area (Å²) in [6.07, 6.45) is 2.00. The van der Waals surface area contributed by atoms with Crippen LogP contribution in [-0.2, 0) is 13.0 Å². The van der Waals surface area contributed by atoms with Crippen molar-refractivity contribution in [1.82, 2.24) is 16.0 Å². The molecule has 1 heterocycles. The molecule has 0 bridgehead atoms. The van der Waals surface area contributed by atoms with E-state index in [4.69, 9.17) is 0 Å². The highest BCUT2D eigenvalue weighted by molar-refractivity contribution is 14.0. The Morgan fingerprint density at radius 1 is 1.18 bits per heavy atom. The smallest absolute Gasteiger partial charge is 0.251 e. The van der Waals surface area contributed by atoms with Gasteiger partial charge in [0.2, 0.25) is 0 Å². The Morgan fingerprint density at radius 2 is 2.00 bits per heavy atom. The number of aliphatic imine (C=N–C) groups is 1. The van der Waals surface area contributed by atoms with Gasteiger partial charge in [-0.1, -0.05) is 32.0 Å². The average molecular weight is 514 g/mol. The van der Waals surface area contributed by atoms with E-state index >= 15 is 0 Å². The Hall–Kier alpha value is -1.61. The van der Waals surface area contributed by atoms with Crippen LogP contribution in [0.1, 0.15) is 41.1 Å². The molecule has 2 aromatic rings. The number of rotatable bonds is 9. The molecule has 1 aromatic heterocycles. The van der Waals surface area contributed by atoms with Gasteiger partial charge in [0.15, 0.2) is 5.96 Å². The lowest BCUT2D eigenvalue weighted by atomic mass is 10.1. The van der Waals surface area contributed by atoms with Gasteiger partial charge in [-0.2, -0.15) is 0 Å². The van der Waals surface area contributed by atoms with Gasteiger partial charge in [0, 0.05) is 37.1 Å². The quantitative estimate of drug-likeness (QED) is 0.269. The van der Waals surface area contributed by atoms with Gasteiger partial charge in [0.05, 0.1) is 0 Å². The molecular weight excluding hydrogens is 483 g/mol. The lowest BCUT2D eigenvalue weighted by molar-refractivity contribution is 0.0953. The number of nitrogens with zero attached hydrogens (tertiary/aromatic N) is 1. The SMILES string of the molecule is CCCNC(=O)c1cccc(CNC(=NC)NCC(C)Cc2cccs2)c1.I. The van der Waals surface area contributed by atoms with Gasteiger partial charge in [-0.25, -0.2) is 0 Å². The van der Waals surface area contributed by atoms with Crippen molar-refractivity contribution >= 4 is 47.2 Å². The van der Waals surface area contributed by atoms with E-state index in [0.717, 1.165) is 30.9 Å². The Kier molecular flexibility index (Phi) is 11.8. The van der Waals surface area contributed by atoms with Crippen LogP contribution in [0.2, 0.25) is 0 Å². The second kappa shape index (κ2) is 13.5. The second-order valence-corrected chi connectivity index (χ2v) is 7.68. The van der Waals surface area contributed by atoms with Gasteiger partial charge in [-0.15, -0.1) is 35.3 Å². The van der Waals surface area contributed by atoms with E-state index in [1.54, 1.807) is 18.4 Å². The van der Waals surface area contributed by atoms with Crippen LogP contribution in [0, 0.1) is 5.92 Å². The van der Waals surface area contributed by atoms with E-state index in [1.807, 2.05) is 31.2 Å². The first-order valence-corrected chi connectivity index (χ1v) is 10.3. The fraction of sp³-hybridized carbons (Fsp3) is 0.429. The average Bonchev–Trinajstić information content (AvgIpc) is 3.19. The highest BCUT2D eigenvalue weighted by atomic mass is 127. The van der Waals surface area contributed by atoms with Gasteiger partial charge in [-0.05, 0) is 47.9 Å². The van der Waals surface area contributed by atoms with Crippen molar-refractivity contribution in [2.45, 2.75) is 33.2 Å². The molecule has 0 saturated heterocycles. The zero-order valence-corrected chi connectivity index (χ0v) is 20.0. The first kappa shape index (κ1) is 24.4. The molecule has 0 aliphatic rings. The number of thiophene rings is 1. The summed E-state index contributed by atoms with van der Waals surface area (Å²) in [5.41, 5.74) is 1.74. The molecule has 0 spiro atoms. The maximum absolute atomic E-state index is 12.1. The molecule has 0 radical (unpaired) electrons. The summed E-state index contributed by atoms with van der Waals surface area (Å²) in [4.78, 5) is 17.8. The highest BCUT2D eigenvalue weighted by Gasteiger charge is 2.08. The monoisotopic (exact) mass is 514 g/mol. The summed E-state index contributed by atoms with van der Waals surface area (Å²) in [6.45, 7) is 6.45. The highest BCUT2D eigenvalue weighted by Crippen LogP contribution is 2.13. The fourth-order valence-electron chi connectivity index (χ4n) is 2.68. The van der Waals surface area contributed by atoms with Crippen LogP contribution in [0.5, 0.6) is 0 Å². The molecule has 1 amide bonds. The maximum Gasteiger partial charge on any atom is 0.251 e. The number of guanidine groups is 1. The normalized spacial score (nSPS) is 12.0. The van der Waals surface area contributed by atoms with E-state index in [0.29, 0.717) is 24.6 Å². The molecule has 28 heavy (non-hydrogen) atoms. The minimum atomic E-state index is -0.0244. The molecule has 154 valence electrons. The van der Waals surface area contributed by atoms with Crippen molar-refractivity contribution in [1.29, 1.82) is 0 Å². The van der Waals surface area contributed by atoms with Crippen LogP contribution in [0.15, 0.2) is 46.8 Å². The molecule has 7 heteroatoms. The molecule has 0 aliphatic carbocycles. The third-order valence-corrected chi connectivity index (χ3v) is 5.05.